The average molecular weight is 287 g/mol. The van der Waals surface area contributed by atoms with E-state index >= 15 is 0 Å². The topological polar surface area (TPSA) is 87.4 Å². The molecule has 1 aromatic carbocycles. The van der Waals surface area contributed by atoms with E-state index in [1.807, 2.05) is 24.3 Å². The summed E-state index contributed by atoms with van der Waals surface area (Å²) in [5.74, 6) is 0. The van der Waals surface area contributed by atoms with Gasteiger partial charge in [-0.15, -0.1) is 0 Å². The Morgan fingerprint density at radius 2 is 2.24 bits per heavy atom. The molecule has 110 valence electrons. The van der Waals surface area contributed by atoms with Gasteiger partial charge in [0.15, 0.2) is 0 Å². The number of benzene rings is 1. The first kappa shape index (κ1) is 13.6. The standard InChI is InChI=1S/C15H17N3O3/c1-9-12(8-21-18-9)16-15(20)17-14-11-5-3-2-4-10(11)6-7-13(14)19/h2-5,8,13-14,19H,6-7H2,1H3,(H2,16,17,20)/t13-,14+/m1/s1. The summed E-state index contributed by atoms with van der Waals surface area (Å²) in [5, 5.41) is 19.4. The largest absolute Gasteiger partial charge is 0.391 e. The number of amides is 2. The minimum atomic E-state index is -0.589. The van der Waals surface area contributed by atoms with Crippen LogP contribution in [0.1, 0.15) is 29.3 Å². The highest BCUT2D eigenvalue weighted by Gasteiger charge is 2.29. The molecule has 6 nitrogen and oxygen atoms in total. The van der Waals surface area contributed by atoms with Crippen molar-refractivity contribution < 1.29 is 14.4 Å². The van der Waals surface area contributed by atoms with Gasteiger partial charge in [0.05, 0.1) is 12.1 Å². The molecular formula is C15H17N3O3. The van der Waals surface area contributed by atoms with Crippen LogP contribution in [0, 0.1) is 6.92 Å². The number of anilines is 1. The Hall–Kier alpha value is -2.34. The van der Waals surface area contributed by atoms with Crippen LogP contribution in [0.15, 0.2) is 35.1 Å². The lowest BCUT2D eigenvalue weighted by atomic mass is 9.86. The molecule has 6 heteroatoms. The zero-order valence-electron chi connectivity index (χ0n) is 11.7. The summed E-state index contributed by atoms with van der Waals surface area (Å²) in [7, 11) is 0. The van der Waals surface area contributed by atoms with Crippen molar-refractivity contribution in [1.29, 1.82) is 0 Å². The normalized spacial score (nSPS) is 20.7. The summed E-state index contributed by atoms with van der Waals surface area (Å²) >= 11 is 0. The van der Waals surface area contributed by atoms with Gasteiger partial charge in [0.25, 0.3) is 0 Å². The maximum Gasteiger partial charge on any atom is 0.319 e. The van der Waals surface area contributed by atoms with Gasteiger partial charge in [0, 0.05) is 0 Å². The number of aryl methyl sites for hydroxylation is 2. The monoisotopic (exact) mass is 287 g/mol. The van der Waals surface area contributed by atoms with Gasteiger partial charge in [-0.25, -0.2) is 4.79 Å². The van der Waals surface area contributed by atoms with E-state index in [0.29, 0.717) is 17.8 Å². The van der Waals surface area contributed by atoms with Gasteiger partial charge in [-0.2, -0.15) is 0 Å². The van der Waals surface area contributed by atoms with Crippen LogP contribution < -0.4 is 10.6 Å². The number of aromatic nitrogens is 1. The number of hydrogen-bond donors (Lipinski definition) is 3. The summed E-state index contributed by atoms with van der Waals surface area (Å²) in [6.45, 7) is 1.74. The Kier molecular flexibility index (Phi) is 3.62. The van der Waals surface area contributed by atoms with Crippen molar-refractivity contribution in [3.05, 3.63) is 47.3 Å². The van der Waals surface area contributed by atoms with Crippen LogP contribution in [-0.4, -0.2) is 22.4 Å². The first-order valence-corrected chi connectivity index (χ1v) is 6.89. The zero-order chi connectivity index (χ0) is 14.8. The molecule has 1 aliphatic rings. The molecule has 2 atom stereocenters. The SMILES string of the molecule is Cc1nocc1NC(=O)N[C@H]1c2ccccc2CC[C@H]1O. The van der Waals surface area contributed by atoms with Gasteiger partial charge in [-0.1, -0.05) is 29.4 Å². The molecule has 2 aromatic rings. The number of aliphatic hydroxyl groups excluding tert-OH is 1. The van der Waals surface area contributed by atoms with E-state index in [2.05, 4.69) is 15.8 Å². The molecule has 1 aliphatic carbocycles. The van der Waals surface area contributed by atoms with Gasteiger partial charge >= 0.3 is 6.03 Å². The van der Waals surface area contributed by atoms with Gasteiger partial charge in [-0.05, 0) is 30.9 Å². The number of rotatable bonds is 2. The van der Waals surface area contributed by atoms with Crippen molar-refractivity contribution in [2.24, 2.45) is 0 Å². The number of urea groups is 1. The highest BCUT2D eigenvalue weighted by atomic mass is 16.5. The third-order valence-electron chi connectivity index (χ3n) is 3.77. The minimum absolute atomic E-state index is 0.387. The molecule has 0 bridgehead atoms. The number of nitrogens with one attached hydrogen (secondary N) is 2. The van der Waals surface area contributed by atoms with Crippen LogP contribution in [0.5, 0.6) is 0 Å². The van der Waals surface area contributed by atoms with E-state index in [1.165, 1.54) is 6.26 Å². The molecule has 2 amide bonds. The molecule has 21 heavy (non-hydrogen) atoms. The van der Waals surface area contributed by atoms with Crippen molar-refractivity contribution in [3.8, 4) is 0 Å². The maximum atomic E-state index is 12.1. The third-order valence-corrected chi connectivity index (χ3v) is 3.77. The summed E-state index contributed by atoms with van der Waals surface area (Å²) in [4.78, 5) is 12.1. The second-order valence-corrected chi connectivity index (χ2v) is 5.19. The average Bonchev–Trinajstić information content (AvgIpc) is 2.87. The molecule has 0 saturated heterocycles. The number of carbonyl (C=O) groups excluding carboxylic acids is 1. The van der Waals surface area contributed by atoms with Crippen molar-refractivity contribution in [2.45, 2.75) is 31.9 Å². The van der Waals surface area contributed by atoms with Gasteiger partial charge in [0.1, 0.15) is 17.6 Å². The summed E-state index contributed by atoms with van der Waals surface area (Å²) in [6, 6.07) is 7.05. The number of nitrogens with zero attached hydrogens (tertiary/aromatic N) is 1. The summed E-state index contributed by atoms with van der Waals surface area (Å²) in [5.41, 5.74) is 3.25. The molecule has 0 spiro atoms. The van der Waals surface area contributed by atoms with Crippen molar-refractivity contribution in [3.63, 3.8) is 0 Å². The second-order valence-electron chi connectivity index (χ2n) is 5.19. The molecule has 0 saturated carbocycles. The fraction of sp³-hybridized carbons (Fsp3) is 0.333. The van der Waals surface area contributed by atoms with E-state index < -0.39 is 12.1 Å². The van der Waals surface area contributed by atoms with Crippen molar-refractivity contribution in [1.82, 2.24) is 10.5 Å². The molecule has 3 N–H and O–H groups in total. The molecule has 1 heterocycles. The van der Waals surface area contributed by atoms with Crippen LogP contribution >= 0.6 is 0 Å². The molecular weight excluding hydrogens is 270 g/mol. The van der Waals surface area contributed by atoms with Gasteiger partial charge in [0.2, 0.25) is 0 Å². The first-order valence-electron chi connectivity index (χ1n) is 6.89. The van der Waals surface area contributed by atoms with Crippen LogP contribution in [0.2, 0.25) is 0 Å². The second kappa shape index (κ2) is 5.57. The Labute approximate surface area is 122 Å². The lowest BCUT2D eigenvalue weighted by molar-refractivity contribution is 0.115. The Morgan fingerprint density at radius 1 is 1.43 bits per heavy atom. The van der Waals surface area contributed by atoms with E-state index in [-0.39, 0.29) is 6.03 Å². The minimum Gasteiger partial charge on any atom is -0.391 e. The first-order chi connectivity index (χ1) is 10.1. The zero-order valence-corrected chi connectivity index (χ0v) is 11.7. The fourth-order valence-corrected chi connectivity index (χ4v) is 2.63. The number of aliphatic hydroxyl groups is 1. The third kappa shape index (κ3) is 2.75. The Morgan fingerprint density at radius 3 is 3.00 bits per heavy atom. The van der Waals surface area contributed by atoms with E-state index in [4.69, 9.17) is 4.52 Å². The predicted molar refractivity (Wildman–Crippen MR) is 76.9 cm³/mol. The number of fused-ring (bicyclic) bond motifs is 1. The van der Waals surface area contributed by atoms with Crippen LogP contribution in [0.4, 0.5) is 10.5 Å². The quantitative estimate of drug-likeness (QED) is 0.789. The van der Waals surface area contributed by atoms with Crippen LogP contribution in [0.3, 0.4) is 0 Å². The predicted octanol–water partition coefficient (Wildman–Crippen LogP) is 2.15. The van der Waals surface area contributed by atoms with Crippen molar-refractivity contribution >= 4 is 11.7 Å². The Bertz CT molecular complexity index is 653. The summed E-state index contributed by atoms with van der Waals surface area (Å²) in [6.07, 6.45) is 2.24. The van der Waals surface area contributed by atoms with Gasteiger partial charge < -0.3 is 20.3 Å². The maximum absolute atomic E-state index is 12.1. The highest BCUT2D eigenvalue weighted by molar-refractivity contribution is 5.89. The lowest BCUT2D eigenvalue weighted by Crippen LogP contribution is -2.41. The van der Waals surface area contributed by atoms with Gasteiger partial charge in [-0.3, -0.25) is 0 Å². The molecule has 0 unspecified atom stereocenters. The highest BCUT2D eigenvalue weighted by Crippen LogP contribution is 2.30. The van der Waals surface area contributed by atoms with E-state index in [1.54, 1.807) is 6.92 Å². The van der Waals surface area contributed by atoms with Crippen molar-refractivity contribution in [2.75, 3.05) is 5.32 Å². The molecule has 0 fully saturated rings. The van der Waals surface area contributed by atoms with Crippen LogP contribution in [-0.2, 0) is 6.42 Å². The van der Waals surface area contributed by atoms with Crippen LogP contribution in [0.25, 0.3) is 0 Å². The fourth-order valence-electron chi connectivity index (χ4n) is 2.63. The molecule has 3 rings (SSSR count). The van der Waals surface area contributed by atoms with E-state index in [9.17, 15) is 9.90 Å². The lowest BCUT2D eigenvalue weighted by Gasteiger charge is -2.30. The molecule has 0 radical (unpaired) electrons. The molecule has 0 aliphatic heterocycles. The summed E-state index contributed by atoms with van der Waals surface area (Å²) < 4.78 is 4.77. The number of hydrogen-bond acceptors (Lipinski definition) is 4. The number of carbonyl (C=O) groups is 1. The van der Waals surface area contributed by atoms with E-state index in [0.717, 1.165) is 17.5 Å². The Balaban J connectivity index is 1.75. The molecule has 1 aromatic heterocycles. The smallest absolute Gasteiger partial charge is 0.319 e.